The highest BCUT2D eigenvalue weighted by Crippen LogP contribution is 2.20. The van der Waals surface area contributed by atoms with Crippen LogP contribution in [-0.2, 0) is 0 Å². The first-order valence-corrected chi connectivity index (χ1v) is 7.19. The van der Waals surface area contributed by atoms with E-state index in [4.69, 9.17) is 0 Å². The van der Waals surface area contributed by atoms with Crippen LogP contribution in [0.5, 0.6) is 0 Å². The fourth-order valence-corrected chi connectivity index (χ4v) is 2.71. The highest BCUT2D eigenvalue weighted by atomic mass is 32.1. The Hall–Kier alpha value is -1.19. The molecule has 1 aromatic carbocycles. The average molecular weight is 260 g/mol. The zero-order valence-electron chi connectivity index (χ0n) is 11.2. The van der Waals surface area contributed by atoms with E-state index in [1.807, 2.05) is 6.20 Å². The molecule has 2 nitrogen and oxygen atoms in total. The van der Waals surface area contributed by atoms with E-state index >= 15 is 0 Å². The lowest BCUT2D eigenvalue weighted by Crippen LogP contribution is -2.23. The first kappa shape index (κ1) is 13.2. The van der Waals surface area contributed by atoms with Gasteiger partial charge in [-0.25, -0.2) is 4.98 Å². The third-order valence-corrected chi connectivity index (χ3v) is 4.20. The van der Waals surface area contributed by atoms with Gasteiger partial charge in [0, 0.05) is 17.6 Å². The molecule has 2 atom stereocenters. The predicted octanol–water partition coefficient (Wildman–Crippen LogP) is 3.91. The summed E-state index contributed by atoms with van der Waals surface area (Å²) >= 11 is 1.77. The maximum absolute atomic E-state index is 4.42. The fourth-order valence-electron chi connectivity index (χ4n) is 1.91. The molecule has 0 spiro atoms. The standard InChI is InChI=1S/C15H20N2S/c1-11(14-7-5-4-6-8-14)9-16-13(3)15-17-10-12(2)18-15/h4-8,10-11,13,16H,9H2,1-3H3. The van der Waals surface area contributed by atoms with Crippen molar-refractivity contribution < 1.29 is 0 Å². The number of hydrogen-bond donors (Lipinski definition) is 1. The van der Waals surface area contributed by atoms with Gasteiger partial charge in [0.2, 0.25) is 0 Å². The number of thiazole rings is 1. The Morgan fingerprint density at radius 2 is 1.94 bits per heavy atom. The lowest BCUT2D eigenvalue weighted by molar-refractivity contribution is 0.535. The number of aryl methyl sites for hydroxylation is 1. The number of hydrogen-bond acceptors (Lipinski definition) is 3. The summed E-state index contributed by atoms with van der Waals surface area (Å²) in [6, 6.07) is 11.0. The van der Waals surface area contributed by atoms with Crippen LogP contribution in [0.2, 0.25) is 0 Å². The number of rotatable bonds is 5. The lowest BCUT2D eigenvalue weighted by Gasteiger charge is -2.16. The molecule has 0 aliphatic carbocycles. The molecule has 1 heterocycles. The maximum atomic E-state index is 4.42. The average Bonchev–Trinajstić information content (AvgIpc) is 2.83. The highest BCUT2D eigenvalue weighted by Gasteiger charge is 2.11. The minimum Gasteiger partial charge on any atom is -0.308 e. The molecule has 2 aromatic rings. The number of benzene rings is 1. The van der Waals surface area contributed by atoms with Crippen LogP contribution in [-0.4, -0.2) is 11.5 Å². The van der Waals surface area contributed by atoms with Crippen molar-refractivity contribution in [3.63, 3.8) is 0 Å². The van der Waals surface area contributed by atoms with Crippen LogP contribution < -0.4 is 5.32 Å². The van der Waals surface area contributed by atoms with Crippen molar-refractivity contribution in [3.8, 4) is 0 Å². The van der Waals surface area contributed by atoms with Crippen molar-refractivity contribution in [1.82, 2.24) is 10.3 Å². The van der Waals surface area contributed by atoms with Crippen LogP contribution in [0.15, 0.2) is 36.5 Å². The van der Waals surface area contributed by atoms with Crippen LogP contribution in [0.3, 0.4) is 0 Å². The third-order valence-electron chi connectivity index (χ3n) is 3.11. The second-order valence-corrected chi connectivity index (χ2v) is 6.02. The Morgan fingerprint density at radius 3 is 2.56 bits per heavy atom. The van der Waals surface area contributed by atoms with Crippen LogP contribution in [0.4, 0.5) is 0 Å². The van der Waals surface area contributed by atoms with Crippen LogP contribution >= 0.6 is 11.3 Å². The second-order valence-electron chi connectivity index (χ2n) is 4.75. The Bertz CT molecular complexity index is 478. The van der Waals surface area contributed by atoms with Crippen LogP contribution in [0.1, 0.15) is 41.3 Å². The van der Waals surface area contributed by atoms with Crippen LogP contribution in [0, 0.1) is 6.92 Å². The first-order valence-electron chi connectivity index (χ1n) is 6.37. The van der Waals surface area contributed by atoms with Gasteiger partial charge in [0.25, 0.3) is 0 Å². The molecule has 3 heteroatoms. The molecule has 0 saturated heterocycles. The molecule has 0 fully saturated rings. The van der Waals surface area contributed by atoms with Crippen LogP contribution in [0.25, 0.3) is 0 Å². The smallest absolute Gasteiger partial charge is 0.109 e. The van der Waals surface area contributed by atoms with Crippen molar-refractivity contribution in [3.05, 3.63) is 52.0 Å². The third kappa shape index (κ3) is 3.40. The van der Waals surface area contributed by atoms with E-state index in [0.29, 0.717) is 12.0 Å². The zero-order valence-corrected chi connectivity index (χ0v) is 12.0. The van der Waals surface area contributed by atoms with E-state index in [1.54, 1.807) is 11.3 Å². The number of aromatic nitrogens is 1. The number of nitrogens with zero attached hydrogens (tertiary/aromatic N) is 1. The van der Waals surface area contributed by atoms with E-state index < -0.39 is 0 Å². The zero-order chi connectivity index (χ0) is 13.0. The molecule has 2 unspecified atom stereocenters. The molecule has 1 N–H and O–H groups in total. The Morgan fingerprint density at radius 1 is 1.22 bits per heavy atom. The number of nitrogens with one attached hydrogen (secondary N) is 1. The molecule has 0 bridgehead atoms. The van der Waals surface area contributed by atoms with Gasteiger partial charge in [-0.05, 0) is 25.3 Å². The molecule has 2 rings (SSSR count). The Labute approximate surface area is 113 Å². The summed E-state index contributed by atoms with van der Waals surface area (Å²) in [6.07, 6.45) is 1.94. The summed E-state index contributed by atoms with van der Waals surface area (Å²) < 4.78 is 0. The molecule has 0 saturated carbocycles. The molecule has 18 heavy (non-hydrogen) atoms. The van der Waals surface area contributed by atoms with Gasteiger partial charge in [0.05, 0.1) is 6.04 Å². The van der Waals surface area contributed by atoms with Crippen molar-refractivity contribution in [2.75, 3.05) is 6.54 Å². The van der Waals surface area contributed by atoms with E-state index in [9.17, 15) is 0 Å². The van der Waals surface area contributed by atoms with Crippen molar-refractivity contribution in [2.45, 2.75) is 32.7 Å². The van der Waals surface area contributed by atoms with Gasteiger partial charge in [-0.15, -0.1) is 11.3 Å². The molecular formula is C15H20N2S. The SMILES string of the molecule is Cc1cnc(C(C)NCC(C)c2ccccc2)s1. The van der Waals surface area contributed by atoms with Gasteiger partial charge in [-0.1, -0.05) is 37.3 Å². The molecule has 96 valence electrons. The summed E-state index contributed by atoms with van der Waals surface area (Å²) in [4.78, 5) is 5.70. The minimum atomic E-state index is 0.329. The molecule has 0 aliphatic heterocycles. The van der Waals surface area contributed by atoms with Crippen molar-refractivity contribution in [1.29, 1.82) is 0 Å². The monoisotopic (exact) mass is 260 g/mol. The summed E-state index contributed by atoms with van der Waals surface area (Å²) in [5, 5.41) is 4.73. The van der Waals surface area contributed by atoms with Gasteiger partial charge in [-0.2, -0.15) is 0 Å². The van der Waals surface area contributed by atoms with Gasteiger partial charge in [-0.3, -0.25) is 0 Å². The fraction of sp³-hybridized carbons (Fsp3) is 0.400. The topological polar surface area (TPSA) is 24.9 Å². The summed E-state index contributed by atoms with van der Waals surface area (Å²) in [6.45, 7) is 7.50. The normalized spacial score (nSPS) is 14.4. The lowest BCUT2D eigenvalue weighted by atomic mass is 10.0. The van der Waals surface area contributed by atoms with E-state index in [-0.39, 0.29) is 0 Å². The summed E-state index contributed by atoms with van der Waals surface area (Å²) in [7, 11) is 0. The Balaban J connectivity index is 1.88. The highest BCUT2D eigenvalue weighted by molar-refractivity contribution is 7.11. The molecular weight excluding hydrogens is 240 g/mol. The van der Waals surface area contributed by atoms with Gasteiger partial charge in [0.15, 0.2) is 0 Å². The van der Waals surface area contributed by atoms with Gasteiger partial charge in [0.1, 0.15) is 5.01 Å². The molecule has 1 aromatic heterocycles. The summed E-state index contributed by atoms with van der Waals surface area (Å²) in [5.41, 5.74) is 1.38. The predicted molar refractivity (Wildman–Crippen MR) is 78.1 cm³/mol. The van der Waals surface area contributed by atoms with Gasteiger partial charge < -0.3 is 5.32 Å². The maximum Gasteiger partial charge on any atom is 0.109 e. The van der Waals surface area contributed by atoms with Crippen molar-refractivity contribution >= 4 is 11.3 Å². The molecule has 0 radical (unpaired) electrons. The van der Waals surface area contributed by atoms with Gasteiger partial charge >= 0.3 is 0 Å². The van der Waals surface area contributed by atoms with E-state index in [2.05, 4.69) is 61.4 Å². The second kappa shape index (κ2) is 6.12. The Kier molecular flexibility index (Phi) is 4.50. The van der Waals surface area contributed by atoms with E-state index in [1.165, 1.54) is 15.4 Å². The molecule has 0 aliphatic rings. The minimum absolute atomic E-state index is 0.329. The largest absolute Gasteiger partial charge is 0.308 e. The summed E-state index contributed by atoms with van der Waals surface area (Å²) in [5.74, 6) is 0.523. The van der Waals surface area contributed by atoms with Crippen molar-refractivity contribution in [2.24, 2.45) is 0 Å². The first-order chi connectivity index (χ1) is 8.66. The van der Waals surface area contributed by atoms with E-state index in [0.717, 1.165) is 6.54 Å². The molecule has 0 amide bonds. The quantitative estimate of drug-likeness (QED) is 0.881.